The Kier molecular flexibility index (Phi) is 5.26. The van der Waals surface area contributed by atoms with Gasteiger partial charge in [-0.2, -0.15) is 0 Å². The minimum absolute atomic E-state index is 0.332. The van der Waals surface area contributed by atoms with E-state index in [2.05, 4.69) is 29.6 Å². The second kappa shape index (κ2) is 8.18. The lowest BCUT2D eigenvalue weighted by molar-refractivity contribution is -0.00518. The number of rotatable bonds is 5. The van der Waals surface area contributed by atoms with E-state index in [0.717, 1.165) is 38.9 Å². The summed E-state index contributed by atoms with van der Waals surface area (Å²) >= 11 is 7.61. The van der Waals surface area contributed by atoms with E-state index in [1.165, 1.54) is 51.2 Å². The van der Waals surface area contributed by atoms with Crippen molar-refractivity contribution in [2.24, 2.45) is 17.8 Å². The van der Waals surface area contributed by atoms with E-state index in [9.17, 15) is 4.79 Å². The fourth-order valence-corrected chi connectivity index (χ4v) is 8.24. The number of carbonyl (C=O) groups excluding carboxylic acids is 1. The number of nitrogens with one attached hydrogen (secondary N) is 1. The molecular weight excluding hydrogens is 450 g/mol. The van der Waals surface area contributed by atoms with E-state index in [0.29, 0.717) is 16.0 Å². The Bertz CT molecular complexity index is 1150. The molecule has 2 aromatic carbocycles. The molecule has 1 N–H and O–H groups in total. The van der Waals surface area contributed by atoms with Crippen LogP contribution in [0.3, 0.4) is 0 Å². The van der Waals surface area contributed by atoms with Gasteiger partial charge >= 0.3 is 5.97 Å². The van der Waals surface area contributed by atoms with Gasteiger partial charge in [-0.25, -0.2) is 4.79 Å². The summed E-state index contributed by atoms with van der Waals surface area (Å²) in [4.78, 5) is 13.3. The van der Waals surface area contributed by atoms with E-state index in [1.807, 2.05) is 30.3 Å². The van der Waals surface area contributed by atoms with Crippen LogP contribution in [0.1, 0.15) is 54.4 Å². The number of hydrogen-bond acceptors (Lipinski definition) is 4. The Labute approximate surface area is 204 Å². The predicted molar refractivity (Wildman–Crippen MR) is 136 cm³/mol. The Balaban J connectivity index is 1.25. The van der Waals surface area contributed by atoms with Crippen LogP contribution in [0.4, 0.5) is 10.7 Å². The molecule has 4 fully saturated rings. The van der Waals surface area contributed by atoms with Crippen molar-refractivity contribution in [2.75, 3.05) is 12.4 Å². The Morgan fingerprint density at radius 2 is 1.58 bits per heavy atom. The fourth-order valence-electron chi connectivity index (χ4n) is 7.04. The number of halogens is 1. The summed E-state index contributed by atoms with van der Waals surface area (Å²) < 4.78 is 5.03. The lowest BCUT2D eigenvalue weighted by Gasteiger charge is -2.57. The zero-order valence-electron chi connectivity index (χ0n) is 18.8. The van der Waals surface area contributed by atoms with Crippen molar-refractivity contribution < 1.29 is 9.53 Å². The molecule has 1 aromatic heterocycles. The van der Waals surface area contributed by atoms with E-state index in [-0.39, 0.29) is 5.97 Å². The van der Waals surface area contributed by atoms with Crippen molar-refractivity contribution in [1.29, 1.82) is 0 Å². The molecule has 3 nitrogen and oxygen atoms in total. The number of benzene rings is 2. The number of carbonyl (C=O) groups is 1. The predicted octanol–water partition coefficient (Wildman–Crippen LogP) is 8.07. The second-order valence-corrected chi connectivity index (χ2v) is 11.7. The van der Waals surface area contributed by atoms with Crippen molar-refractivity contribution in [3.63, 3.8) is 0 Å². The average molecular weight is 478 g/mol. The number of esters is 1. The van der Waals surface area contributed by atoms with Crippen molar-refractivity contribution in [2.45, 2.75) is 43.9 Å². The average Bonchev–Trinajstić information content (AvgIpc) is 3.22. The minimum Gasteiger partial charge on any atom is -0.465 e. The number of methoxy groups -OCH3 is 1. The number of hydrogen-bond donors (Lipinski definition) is 1. The Morgan fingerprint density at radius 1 is 0.970 bits per heavy atom. The molecule has 5 heteroatoms. The number of thiophene rings is 1. The molecule has 0 unspecified atom stereocenters. The van der Waals surface area contributed by atoms with Gasteiger partial charge in [0.2, 0.25) is 0 Å². The van der Waals surface area contributed by atoms with Crippen LogP contribution in [-0.2, 0) is 10.2 Å². The van der Waals surface area contributed by atoms with Crippen LogP contribution < -0.4 is 5.32 Å². The summed E-state index contributed by atoms with van der Waals surface area (Å²) in [5.74, 6) is 2.51. The van der Waals surface area contributed by atoms with Gasteiger partial charge in [0.05, 0.1) is 22.6 Å². The molecule has 4 bridgehead atoms. The van der Waals surface area contributed by atoms with Gasteiger partial charge in [0.1, 0.15) is 0 Å². The summed E-state index contributed by atoms with van der Waals surface area (Å²) in [5, 5.41) is 5.10. The summed E-state index contributed by atoms with van der Waals surface area (Å²) in [6.45, 7) is 0. The zero-order chi connectivity index (χ0) is 22.6. The normalized spacial score (nSPS) is 27.5. The zero-order valence-corrected chi connectivity index (χ0v) is 20.3. The number of ether oxygens (including phenoxy) is 1. The quantitative estimate of drug-likeness (QED) is 0.377. The molecule has 3 aromatic rings. The van der Waals surface area contributed by atoms with E-state index in [4.69, 9.17) is 16.3 Å². The smallest absolute Gasteiger partial charge is 0.339 e. The first-order valence-corrected chi connectivity index (χ1v) is 13.1. The maximum absolute atomic E-state index is 12.4. The third kappa shape index (κ3) is 3.87. The third-order valence-corrected chi connectivity index (χ3v) is 9.40. The standard InChI is InChI=1S/C28H28ClNO2S/c1-32-27(31)24-13-25(33-26(24)20-2-6-22(29)7-3-20)30-23-8-4-21(5-9-23)28-14-17-10-18(15-28)12-19(11-17)16-28/h2-9,13,17-19,30H,10-12,14-16H2,1H3. The van der Waals surface area contributed by atoms with Crippen molar-refractivity contribution >= 4 is 39.6 Å². The molecule has 0 saturated heterocycles. The van der Waals surface area contributed by atoms with Gasteiger partial charge in [-0.15, -0.1) is 11.3 Å². The highest BCUT2D eigenvalue weighted by molar-refractivity contribution is 7.19. The first-order valence-electron chi connectivity index (χ1n) is 11.9. The molecule has 4 saturated carbocycles. The highest BCUT2D eigenvalue weighted by Crippen LogP contribution is 2.60. The highest BCUT2D eigenvalue weighted by Gasteiger charge is 2.51. The van der Waals surface area contributed by atoms with E-state index < -0.39 is 0 Å². The van der Waals surface area contributed by atoms with Crippen LogP contribution in [-0.4, -0.2) is 13.1 Å². The van der Waals surface area contributed by atoms with Gasteiger partial charge in [-0.1, -0.05) is 35.9 Å². The molecule has 0 spiro atoms. The van der Waals surface area contributed by atoms with Crippen molar-refractivity contribution in [3.8, 4) is 10.4 Å². The maximum Gasteiger partial charge on any atom is 0.339 e. The van der Waals surface area contributed by atoms with Crippen LogP contribution in [0.5, 0.6) is 0 Å². The summed E-state index contributed by atoms with van der Waals surface area (Å²) in [7, 11) is 1.42. The fraction of sp³-hybridized carbons (Fsp3) is 0.393. The van der Waals surface area contributed by atoms with Gasteiger partial charge in [0, 0.05) is 10.7 Å². The molecule has 0 amide bonds. The van der Waals surface area contributed by atoms with Crippen molar-refractivity contribution in [1.82, 2.24) is 0 Å². The minimum atomic E-state index is -0.332. The van der Waals surface area contributed by atoms with Crippen LogP contribution in [0, 0.1) is 17.8 Å². The molecule has 0 atom stereocenters. The van der Waals surface area contributed by atoms with Gasteiger partial charge in [-0.3, -0.25) is 0 Å². The van der Waals surface area contributed by atoms with Gasteiger partial charge in [0.25, 0.3) is 0 Å². The first kappa shape index (κ1) is 21.2. The van der Waals surface area contributed by atoms with Gasteiger partial charge < -0.3 is 10.1 Å². The lowest BCUT2D eigenvalue weighted by Crippen LogP contribution is -2.48. The first-order chi connectivity index (χ1) is 16.0. The molecular formula is C28H28ClNO2S. The Morgan fingerprint density at radius 3 is 2.15 bits per heavy atom. The van der Waals surface area contributed by atoms with Gasteiger partial charge in [-0.05, 0) is 103 Å². The van der Waals surface area contributed by atoms with Crippen LogP contribution in [0.15, 0.2) is 54.6 Å². The van der Waals surface area contributed by atoms with E-state index in [1.54, 1.807) is 11.3 Å². The summed E-state index contributed by atoms with van der Waals surface area (Å²) in [5.41, 5.74) is 4.50. The van der Waals surface area contributed by atoms with Crippen LogP contribution in [0.25, 0.3) is 10.4 Å². The monoisotopic (exact) mass is 477 g/mol. The highest BCUT2D eigenvalue weighted by atomic mass is 35.5. The molecule has 4 aliphatic carbocycles. The summed E-state index contributed by atoms with van der Waals surface area (Å²) in [6, 6.07) is 18.5. The number of anilines is 2. The largest absolute Gasteiger partial charge is 0.465 e. The van der Waals surface area contributed by atoms with E-state index >= 15 is 0 Å². The van der Waals surface area contributed by atoms with Crippen molar-refractivity contribution in [3.05, 3.63) is 70.7 Å². The van der Waals surface area contributed by atoms with Crippen LogP contribution >= 0.6 is 22.9 Å². The molecule has 0 radical (unpaired) electrons. The lowest BCUT2D eigenvalue weighted by atomic mass is 9.48. The molecule has 7 rings (SSSR count). The molecule has 0 aliphatic heterocycles. The maximum atomic E-state index is 12.4. The molecule has 1 heterocycles. The van der Waals surface area contributed by atoms with Gasteiger partial charge in [0.15, 0.2) is 0 Å². The molecule has 170 valence electrons. The topological polar surface area (TPSA) is 38.3 Å². The molecule has 33 heavy (non-hydrogen) atoms. The third-order valence-electron chi connectivity index (χ3n) is 8.05. The summed E-state index contributed by atoms with van der Waals surface area (Å²) in [6.07, 6.45) is 8.54. The molecule has 4 aliphatic rings. The SMILES string of the molecule is COC(=O)c1cc(Nc2ccc(C34CC5CC(CC(C5)C3)C4)cc2)sc1-c1ccc(Cl)cc1. The Hall–Kier alpha value is -2.30. The second-order valence-electron chi connectivity index (χ2n) is 10.3. The van der Waals surface area contributed by atoms with Crippen LogP contribution in [0.2, 0.25) is 5.02 Å².